The Bertz CT molecular complexity index is 514. The Labute approximate surface area is 110 Å². The van der Waals surface area contributed by atoms with E-state index in [-0.39, 0.29) is 17.3 Å². The minimum atomic E-state index is -0.664. The fourth-order valence-corrected chi connectivity index (χ4v) is 2.18. The van der Waals surface area contributed by atoms with Crippen molar-refractivity contribution in [1.29, 1.82) is 0 Å². The zero-order valence-electron chi connectivity index (χ0n) is 10.6. The van der Waals surface area contributed by atoms with Crippen LogP contribution in [0.15, 0.2) is 18.2 Å². The number of primary amides is 1. The number of hydrogen-bond donors (Lipinski definition) is 2. The standard InChI is InChI=1S/C12H16N4O3/c1-2-15(9-6-14-7-9)10-4-3-8(12(13)17)5-11(10)16(18)19/h3-5,9,14H,2,6-7H2,1H3,(H2,13,17). The van der Waals surface area contributed by atoms with E-state index in [2.05, 4.69) is 5.32 Å². The second-order valence-corrected chi connectivity index (χ2v) is 4.42. The molecule has 19 heavy (non-hydrogen) atoms. The molecule has 1 aromatic carbocycles. The number of rotatable bonds is 5. The first-order chi connectivity index (χ1) is 9.04. The summed E-state index contributed by atoms with van der Waals surface area (Å²) in [5.74, 6) is -0.664. The number of amides is 1. The molecule has 1 aliphatic heterocycles. The van der Waals surface area contributed by atoms with Gasteiger partial charge >= 0.3 is 0 Å². The molecule has 7 nitrogen and oxygen atoms in total. The summed E-state index contributed by atoms with van der Waals surface area (Å²) in [6, 6.07) is 4.62. The van der Waals surface area contributed by atoms with Crippen molar-refractivity contribution in [2.45, 2.75) is 13.0 Å². The van der Waals surface area contributed by atoms with E-state index >= 15 is 0 Å². The lowest BCUT2D eigenvalue weighted by atomic mass is 10.1. The Hall–Kier alpha value is -2.15. The largest absolute Gasteiger partial charge is 0.366 e. The molecule has 1 saturated heterocycles. The van der Waals surface area contributed by atoms with Crippen LogP contribution in [0.3, 0.4) is 0 Å². The third-order valence-electron chi connectivity index (χ3n) is 3.31. The van der Waals surface area contributed by atoms with Gasteiger partial charge in [-0.25, -0.2) is 0 Å². The predicted octanol–water partition coefficient (Wildman–Crippen LogP) is 0.492. The van der Waals surface area contributed by atoms with Gasteiger partial charge in [0, 0.05) is 31.3 Å². The highest BCUT2D eigenvalue weighted by Gasteiger charge is 2.28. The van der Waals surface area contributed by atoms with Gasteiger partial charge in [0.05, 0.1) is 11.0 Å². The number of nitrogens with zero attached hydrogens (tertiary/aromatic N) is 2. The van der Waals surface area contributed by atoms with Crippen molar-refractivity contribution in [1.82, 2.24) is 5.32 Å². The maximum Gasteiger partial charge on any atom is 0.293 e. The third-order valence-corrected chi connectivity index (χ3v) is 3.31. The molecule has 0 aliphatic carbocycles. The number of nitrogens with one attached hydrogen (secondary N) is 1. The zero-order chi connectivity index (χ0) is 14.0. The smallest absolute Gasteiger partial charge is 0.293 e. The molecule has 1 amide bonds. The highest BCUT2D eigenvalue weighted by atomic mass is 16.6. The van der Waals surface area contributed by atoms with Crippen molar-refractivity contribution in [3.05, 3.63) is 33.9 Å². The van der Waals surface area contributed by atoms with Gasteiger partial charge in [-0.2, -0.15) is 0 Å². The Morgan fingerprint density at radius 3 is 2.68 bits per heavy atom. The van der Waals surface area contributed by atoms with E-state index in [9.17, 15) is 14.9 Å². The highest BCUT2D eigenvalue weighted by Crippen LogP contribution is 2.31. The molecule has 0 radical (unpaired) electrons. The fraction of sp³-hybridized carbons (Fsp3) is 0.417. The van der Waals surface area contributed by atoms with Crippen LogP contribution in [0.1, 0.15) is 17.3 Å². The van der Waals surface area contributed by atoms with Crippen molar-refractivity contribution in [2.24, 2.45) is 5.73 Å². The van der Waals surface area contributed by atoms with Gasteiger partial charge in [-0.05, 0) is 19.1 Å². The van der Waals surface area contributed by atoms with Crippen LogP contribution in [0.4, 0.5) is 11.4 Å². The van der Waals surface area contributed by atoms with Crippen molar-refractivity contribution >= 4 is 17.3 Å². The maximum atomic E-state index is 11.2. The zero-order valence-corrected chi connectivity index (χ0v) is 10.6. The summed E-state index contributed by atoms with van der Waals surface area (Å²) < 4.78 is 0. The molecular weight excluding hydrogens is 248 g/mol. The number of carbonyl (C=O) groups is 1. The minimum Gasteiger partial charge on any atom is -0.366 e. The van der Waals surface area contributed by atoms with E-state index in [1.807, 2.05) is 11.8 Å². The molecule has 0 saturated carbocycles. The summed E-state index contributed by atoms with van der Waals surface area (Å²) in [5, 5.41) is 14.3. The molecule has 1 aliphatic rings. The molecule has 1 aromatic rings. The summed E-state index contributed by atoms with van der Waals surface area (Å²) in [6.07, 6.45) is 0. The van der Waals surface area contributed by atoms with Gasteiger partial charge in [0.25, 0.3) is 5.69 Å². The molecule has 0 bridgehead atoms. The number of carbonyl (C=O) groups excluding carboxylic acids is 1. The average molecular weight is 264 g/mol. The predicted molar refractivity (Wildman–Crippen MR) is 71.3 cm³/mol. The Kier molecular flexibility index (Phi) is 3.66. The summed E-state index contributed by atoms with van der Waals surface area (Å²) in [6.45, 7) is 4.23. The van der Waals surface area contributed by atoms with E-state index in [0.717, 1.165) is 13.1 Å². The number of nitrogens with two attached hydrogens (primary N) is 1. The first kappa shape index (κ1) is 13.3. The molecule has 0 aromatic heterocycles. The van der Waals surface area contributed by atoms with Gasteiger partial charge in [-0.3, -0.25) is 14.9 Å². The first-order valence-corrected chi connectivity index (χ1v) is 6.10. The SMILES string of the molecule is CCN(c1ccc(C(N)=O)cc1[N+](=O)[O-])C1CNC1. The number of benzene rings is 1. The van der Waals surface area contributed by atoms with E-state index in [4.69, 9.17) is 5.73 Å². The van der Waals surface area contributed by atoms with Crippen LogP contribution in [-0.4, -0.2) is 36.5 Å². The van der Waals surface area contributed by atoms with E-state index < -0.39 is 10.8 Å². The Balaban J connectivity index is 2.42. The molecule has 7 heteroatoms. The van der Waals surface area contributed by atoms with Crippen LogP contribution in [0.25, 0.3) is 0 Å². The quantitative estimate of drug-likeness (QED) is 0.595. The summed E-state index contributed by atoms with van der Waals surface area (Å²) >= 11 is 0. The van der Waals surface area contributed by atoms with Crippen LogP contribution in [-0.2, 0) is 0 Å². The molecule has 3 N–H and O–H groups in total. The van der Waals surface area contributed by atoms with Crippen LogP contribution in [0.5, 0.6) is 0 Å². The monoisotopic (exact) mass is 264 g/mol. The van der Waals surface area contributed by atoms with Gasteiger partial charge in [0.2, 0.25) is 5.91 Å². The average Bonchev–Trinajstić information content (AvgIpc) is 2.32. The molecule has 102 valence electrons. The van der Waals surface area contributed by atoms with Crippen LogP contribution < -0.4 is 16.0 Å². The number of hydrogen-bond acceptors (Lipinski definition) is 5. The molecular formula is C12H16N4O3. The topological polar surface area (TPSA) is 102 Å². The Morgan fingerprint density at radius 1 is 1.58 bits per heavy atom. The lowest BCUT2D eigenvalue weighted by molar-refractivity contribution is -0.384. The van der Waals surface area contributed by atoms with E-state index in [1.54, 1.807) is 6.07 Å². The Morgan fingerprint density at radius 2 is 2.26 bits per heavy atom. The van der Waals surface area contributed by atoms with Crippen LogP contribution in [0, 0.1) is 10.1 Å². The molecule has 1 fully saturated rings. The molecule has 0 unspecified atom stereocenters. The van der Waals surface area contributed by atoms with Crippen molar-refractivity contribution in [3.63, 3.8) is 0 Å². The van der Waals surface area contributed by atoms with Crippen molar-refractivity contribution < 1.29 is 9.72 Å². The van der Waals surface area contributed by atoms with E-state index in [0.29, 0.717) is 12.2 Å². The second kappa shape index (κ2) is 5.23. The van der Waals surface area contributed by atoms with Crippen molar-refractivity contribution in [3.8, 4) is 0 Å². The van der Waals surface area contributed by atoms with Gasteiger partial charge in [0.1, 0.15) is 5.69 Å². The number of likely N-dealkylation sites (N-methyl/N-ethyl adjacent to an activating group) is 1. The fourth-order valence-electron chi connectivity index (χ4n) is 2.18. The normalized spacial score (nSPS) is 14.8. The maximum absolute atomic E-state index is 11.2. The number of nitro benzene ring substituents is 1. The van der Waals surface area contributed by atoms with Gasteiger partial charge in [0.15, 0.2) is 0 Å². The lowest BCUT2D eigenvalue weighted by Gasteiger charge is -2.38. The summed E-state index contributed by atoms with van der Waals surface area (Å²) in [7, 11) is 0. The van der Waals surface area contributed by atoms with Crippen LogP contribution >= 0.6 is 0 Å². The van der Waals surface area contributed by atoms with Gasteiger partial charge in [-0.15, -0.1) is 0 Å². The summed E-state index contributed by atoms with van der Waals surface area (Å²) in [4.78, 5) is 23.8. The highest BCUT2D eigenvalue weighted by molar-refractivity contribution is 5.94. The van der Waals surface area contributed by atoms with Gasteiger partial charge in [-0.1, -0.05) is 0 Å². The number of nitro groups is 1. The molecule has 0 atom stereocenters. The van der Waals surface area contributed by atoms with Crippen LogP contribution in [0.2, 0.25) is 0 Å². The first-order valence-electron chi connectivity index (χ1n) is 6.10. The third kappa shape index (κ3) is 2.50. The molecule has 0 spiro atoms. The van der Waals surface area contributed by atoms with E-state index in [1.165, 1.54) is 12.1 Å². The second-order valence-electron chi connectivity index (χ2n) is 4.42. The molecule has 1 heterocycles. The lowest BCUT2D eigenvalue weighted by Crippen LogP contribution is -2.57. The number of anilines is 1. The minimum absolute atomic E-state index is 0.0787. The summed E-state index contributed by atoms with van der Waals surface area (Å²) in [5.41, 5.74) is 5.76. The molecule has 2 rings (SSSR count). The van der Waals surface area contributed by atoms with Crippen molar-refractivity contribution in [2.75, 3.05) is 24.5 Å². The van der Waals surface area contributed by atoms with Gasteiger partial charge < -0.3 is 16.0 Å².